The zero-order chi connectivity index (χ0) is 15.9. The van der Waals surface area contributed by atoms with Crippen LogP contribution in [0.1, 0.15) is 52.9 Å². The molecule has 0 aliphatic heterocycles. The van der Waals surface area contributed by atoms with Crippen molar-refractivity contribution in [3.8, 4) is 0 Å². The molecule has 21 heavy (non-hydrogen) atoms. The highest BCUT2D eigenvalue weighted by Gasteiger charge is 2.22. The second-order valence-corrected chi connectivity index (χ2v) is 6.43. The van der Waals surface area contributed by atoms with E-state index in [9.17, 15) is 9.59 Å². The van der Waals surface area contributed by atoms with E-state index >= 15 is 0 Å². The molecule has 2 N–H and O–H groups in total. The van der Waals surface area contributed by atoms with Crippen LogP contribution in [0.3, 0.4) is 0 Å². The summed E-state index contributed by atoms with van der Waals surface area (Å²) in [4.78, 5) is 22.9. The first-order valence-electron chi connectivity index (χ1n) is 7.55. The van der Waals surface area contributed by atoms with Gasteiger partial charge in [-0.25, -0.2) is 4.79 Å². The van der Waals surface area contributed by atoms with Gasteiger partial charge in [0.05, 0.1) is 11.7 Å². The molecule has 0 aromatic heterocycles. The number of nitrogens with one attached hydrogen (secondary N) is 1. The summed E-state index contributed by atoms with van der Waals surface area (Å²) in [5, 5.41) is 11.6. The summed E-state index contributed by atoms with van der Waals surface area (Å²) in [7, 11) is 0. The highest BCUT2D eigenvalue weighted by Crippen LogP contribution is 2.20. The molecule has 6 heteroatoms. The number of carboxylic acid groups (broad SMARTS) is 1. The monoisotopic (exact) mass is 301 g/mol. The maximum atomic E-state index is 11.7. The van der Waals surface area contributed by atoms with Crippen LogP contribution in [0.5, 0.6) is 0 Å². The second kappa shape index (κ2) is 8.34. The molecule has 0 radical (unpaired) electrons. The molecule has 1 amide bonds. The van der Waals surface area contributed by atoms with Gasteiger partial charge in [-0.15, -0.1) is 0 Å². The van der Waals surface area contributed by atoms with Gasteiger partial charge in [0.1, 0.15) is 12.6 Å². The van der Waals surface area contributed by atoms with Crippen LogP contribution in [0.4, 0.5) is 0 Å². The molecule has 0 aromatic rings. The van der Waals surface area contributed by atoms with Crippen LogP contribution < -0.4 is 5.32 Å². The summed E-state index contributed by atoms with van der Waals surface area (Å²) in [6.07, 6.45) is 4.61. The van der Waals surface area contributed by atoms with Crippen molar-refractivity contribution in [2.24, 2.45) is 0 Å². The Morgan fingerprint density at radius 2 is 1.90 bits per heavy atom. The number of hydrogen-bond acceptors (Lipinski definition) is 4. The van der Waals surface area contributed by atoms with Gasteiger partial charge >= 0.3 is 5.97 Å². The number of hydrogen-bond donors (Lipinski definition) is 2. The Balaban J connectivity index is 2.28. The molecule has 1 unspecified atom stereocenters. The predicted octanol–water partition coefficient (Wildman–Crippen LogP) is 1.72. The second-order valence-electron chi connectivity index (χ2n) is 6.43. The third-order valence-corrected chi connectivity index (χ3v) is 3.33. The minimum absolute atomic E-state index is 0.0748. The van der Waals surface area contributed by atoms with Crippen LogP contribution in [-0.2, 0) is 19.1 Å². The fourth-order valence-electron chi connectivity index (χ4n) is 2.22. The number of ether oxygens (including phenoxy) is 2. The molecule has 0 saturated heterocycles. The van der Waals surface area contributed by atoms with Gasteiger partial charge in [0.15, 0.2) is 0 Å². The molecule has 1 aliphatic carbocycles. The van der Waals surface area contributed by atoms with Gasteiger partial charge in [0, 0.05) is 13.0 Å². The summed E-state index contributed by atoms with van der Waals surface area (Å²) in [5.74, 6) is -1.44. The third kappa shape index (κ3) is 8.02. The minimum Gasteiger partial charge on any atom is -0.480 e. The summed E-state index contributed by atoms with van der Waals surface area (Å²) < 4.78 is 11.0. The van der Waals surface area contributed by atoms with Gasteiger partial charge in [-0.3, -0.25) is 4.79 Å². The van der Waals surface area contributed by atoms with Gasteiger partial charge in [0.2, 0.25) is 5.91 Å². The normalized spacial score (nSPS) is 17.7. The molecule has 6 nitrogen and oxygen atoms in total. The van der Waals surface area contributed by atoms with Crippen LogP contribution >= 0.6 is 0 Å². The molecule has 1 rings (SSSR count). The van der Waals surface area contributed by atoms with E-state index in [2.05, 4.69) is 5.32 Å². The van der Waals surface area contributed by atoms with Crippen molar-refractivity contribution in [3.05, 3.63) is 0 Å². The minimum atomic E-state index is -1.05. The molecule has 1 aliphatic rings. The summed E-state index contributed by atoms with van der Waals surface area (Å²) in [6.45, 7) is 5.91. The Morgan fingerprint density at radius 3 is 2.43 bits per heavy atom. The standard InChI is InChI=1S/C15H27NO5/c1-15(2,3)21-9-8-12(14(18)19)16-13(17)10-20-11-6-4-5-7-11/h11-12H,4-10H2,1-3H3,(H,16,17)(H,18,19). The number of carboxylic acids is 1. The van der Waals surface area contributed by atoms with E-state index in [0.717, 1.165) is 25.7 Å². The molecular formula is C15H27NO5. The lowest BCUT2D eigenvalue weighted by Crippen LogP contribution is -2.43. The Morgan fingerprint density at radius 1 is 1.29 bits per heavy atom. The van der Waals surface area contributed by atoms with Crippen molar-refractivity contribution in [1.29, 1.82) is 0 Å². The number of aliphatic carboxylic acids is 1. The van der Waals surface area contributed by atoms with E-state index < -0.39 is 12.0 Å². The molecule has 0 heterocycles. The molecule has 0 aromatic carbocycles. The van der Waals surface area contributed by atoms with E-state index in [-0.39, 0.29) is 37.2 Å². The van der Waals surface area contributed by atoms with Crippen molar-refractivity contribution in [1.82, 2.24) is 5.32 Å². The Kier molecular flexibility index (Phi) is 7.11. The lowest BCUT2D eigenvalue weighted by molar-refractivity contribution is -0.143. The van der Waals surface area contributed by atoms with Crippen molar-refractivity contribution in [3.63, 3.8) is 0 Å². The average Bonchev–Trinajstić information content (AvgIpc) is 2.86. The molecule has 1 atom stereocenters. The van der Waals surface area contributed by atoms with Gasteiger partial charge in [-0.1, -0.05) is 12.8 Å². The summed E-state index contributed by atoms with van der Waals surface area (Å²) in [5.41, 5.74) is -0.321. The molecule has 0 spiro atoms. The fraction of sp³-hybridized carbons (Fsp3) is 0.867. The van der Waals surface area contributed by atoms with E-state index in [4.69, 9.17) is 14.6 Å². The van der Waals surface area contributed by atoms with Crippen LogP contribution in [0.15, 0.2) is 0 Å². The maximum Gasteiger partial charge on any atom is 0.326 e. The molecular weight excluding hydrogens is 274 g/mol. The van der Waals surface area contributed by atoms with Crippen molar-refractivity contribution < 1.29 is 24.2 Å². The summed E-state index contributed by atoms with van der Waals surface area (Å²) in [6, 6.07) is -0.938. The van der Waals surface area contributed by atoms with Crippen LogP contribution in [-0.4, -0.2) is 47.9 Å². The van der Waals surface area contributed by atoms with E-state index in [1.165, 1.54) is 0 Å². The smallest absolute Gasteiger partial charge is 0.326 e. The molecule has 0 bridgehead atoms. The van der Waals surface area contributed by atoms with Crippen LogP contribution in [0.25, 0.3) is 0 Å². The lowest BCUT2D eigenvalue weighted by Gasteiger charge is -2.21. The summed E-state index contributed by atoms with van der Waals surface area (Å²) >= 11 is 0. The topological polar surface area (TPSA) is 84.9 Å². The fourth-order valence-corrected chi connectivity index (χ4v) is 2.22. The van der Waals surface area contributed by atoms with Gasteiger partial charge in [-0.05, 0) is 33.6 Å². The van der Waals surface area contributed by atoms with Crippen LogP contribution in [0.2, 0.25) is 0 Å². The third-order valence-electron chi connectivity index (χ3n) is 3.33. The zero-order valence-corrected chi connectivity index (χ0v) is 13.2. The average molecular weight is 301 g/mol. The highest BCUT2D eigenvalue weighted by atomic mass is 16.5. The largest absolute Gasteiger partial charge is 0.480 e. The Labute approximate surface area is 126 Å². The quantitative estimate of drug-likeness (QED) is 0.713. The van der Waals surface area contributed by atoms with E-state index in [1.807, 2.05) is 20.8 Å². The zero-order valence-electron chi connectivity index (χ0n) is 13.2. The number of carbonyl (C=O) groups is 2. The molecule has 1 saturated carbocycles. The molecule has 122 valence electrons. The van der Waals surface area contributed by atoms with E-state index in [0.29, 0.717) is 0 Å². The van der Waals surface area contributed by atoms with Crippen molar-refractivity contribution >= 4 is 11.9 Å². The Hall–Kier alpha value is -1.14. The number of rotatable bonds is 8. The van der Waals surface area contributed by atoms with Crippen molar-refractivity contribution in [2.75, 3.05) is 13.2 Å². The predicted molar refractivity (Wildman–Crippen MR) is 78.1 cm³/mol. The van der Waals surface area contributed by atoms with Gasteiger partial charge in [-0.2, -0.15) is 0 Å². The number of carbonyl (C=O) groups excluding carboxylic acids is 1. The van der Waals surface area contributed by atoms with Gasteiger partial charge < -0.3 is 19.9 Å². The lowest BCUT2D eigenvalue weighted by atomic mass is 10.2. The SMILES string of the molecule is CC(C)(C)OCCC(NC(=O)COC1CCCC1)C(=O)O. The first kappa shape index (κ1) is 17.9. The van der Waals surface area contributed by atoms with E-state index in [1.54, 1.807) is 0 Å². The number of amides is 1. The van der Waals surface area contributed by atoms with Gasteiger partial charge in [0.25, 0.3) is 0 Å². The first-order valence-corrected chi connectivity index (χ1v) is 7.55. The maximum absolute atomic E-state index is 11.7. The van der Waals surface area contributed by atoms with Crippen molar-refractivity contribution in [2.45, 2.75) is 70.6 Å². The molecule has 1 fully saturated rings. The first-order chi connectivity index (χ1) is 9.78. The Bertz CT molecular complexity index is 344. The van der Waals surface area contributed by atoms with Crippen LogP contribution in [0, 0.1) is 0 Å². The highest BCUT2D eigenvalue weighted by molar-refractivity contribution is 5.84.